The van der Waals surface area contributed by atoms with Crippen molar-refractivity contribution in [3.05, 3.63) is 102 Å². The molecule has 32 heavy (non-hydrogen) atoms. The second kappa shape index (κ2) is 10.3. The lowest BCUT2D eigenvalue weighted by Gasteiger charge is -2.25. The van der Waals surface area contributed by atoms with E-state index in [9.17, 15) is 13.2 Å². The molecule has 3 rings (SSSR count). The Balaban J connectivity index is 1.95. The van der Waals surface area contributed by atoms with Crippen LogP contribution in [0.25, 0.3) is 0 Å². The molecular weight excluding hydrogens is 448 g/mol. The quantitative estimate of drug-likeness (QED) is 0.461. The van der Waals surface area contributed by atoms with Crippen LogP contribution >= 0.6 is 11.6 Å². The van der Waals surface area contributed by atoms with Crippen molar-refractivity contribution in [2.75, 3.05) is 18.0 Å². The highest BCUT2D eigenvalue weighted by molar-refractivity contribution is 7.92. The molecule has 0 heterocycles. The predicted molar refractivity (Wildman–Crippen MR) is 127 cm³/mol. The van der Waals surface area contributed by atoms with Crippen molar-refractivity contribution < 1.29 is 17.9 Å². The lowest BCUT2D eigenvalue weighted by molar-refractivity contribution is 0.0951. The van der Waals surface area contributed by atoms with E-state index in [1.807, 2.05) is 30.3 Å². The van der Waals surface area contributed by atoms with E-state index in [2.05, 4.69) is 11.9 Å². The Morgan fingerprint density at radius 3 is 2.47 bits per heavy atom. The third kappa shape index (κ3) is 5.12. The molecule has 1 N–H and O–H groups in total. The molecule has 0 unspecified atom stereocenters. The second-order valence-electron chi connectivity index (χ2n) is 6.81. The van der Waals surface area contributed by atoms with Crippen LogP contribution in [0, 0.1) is 0 Å². The van der Waals surface area contributed by atoms with Gasteiger partial charge < -0.3 is 10.1 Å². The Hall–Kier alpha value is -3.29. The molecule has 0 radical (unpaired) electrons. The van der Waals surface area contributed by atoms with E-state index in [1.54, 1.807) is 24.3 Å². The van der Waals surface area contributed by atoms with E-state index in [1.165, 1.54) is 35.7 Å². The topological polar surface area (TPSA) is 75.7 Å². The first-order chi connectivity index (χ1) is 15.4. The standard InChI is InChI=1S/C24H23ClN2O4S/c1-3-15-27(22-11-7-8-12-23(22)31-2)32(29,30)19-13-14-21(25)20(16-19)24(28)26-17-18-9-5-4-6-10-18/h3-14,16H,1,15,17H2,2H3,(H,26,28). The lowest BCUT2D eigenvalue weighted by Crippen LogP contribution is -2.32. The maximum absolute atomic E-state index is 13.5. The summed E-state index contributed by atoms with van der Waals surface area (Å²) in [6.07, 6.45) is 1.48. The van der Waals surface area contributed by atoms with Crippen LogP contribution in [-0.4, -0.2) is 28.0 Å². The molecular formula is C24H23ClN2O4S. The molecule has 8 heteroatoms. The number of hydrogen-bond donors (Lipinski definition) is 1. The van der Waals surface area contributed by atoms with E-state index in [4.69, 9.17) is 16.3 Å². The molecule has 1 amide bonds. The zero-order valence-corrected chi connectivity index (χ0v) is 19.1. The number of methoxy groups -OCH3 is 1. The molecule has 166 valence electrons. The summed E-state index contributed by atoms with van der Waals surface area (Å²) >= 11 is 6.22. The van der Waals surface area contributed by atoms with Gasteiger partial charge in [-0.15, -0.1) is 6.58 Å². The monoisotopic (exact) mass is 470 g/mol. The third-order valence-electron chi connectivity index (χ3n) is 4.72. The van der Waals surface area contributed by atoms with Crippen molar-refractivity contribution in [2.45, 2.75) is 11.4 Å². The third-order valence-corrected chi connectivity index (χ3v) is 6.82. The molecule has 0 bridgehead atoms. The van der Waals surface area contributed by atoms with Gasteiger partial charge >= 0.3 is 0 Å². The van der Waals surface area contributed by atoms with Gasteiger partial charge in [-0.25, -0.2) is 8.42 Å². The van der Waals surface area contributed by atoms with Crippen LogP contribution in [0.3, 0.4) is 0 Å². The van der Waals surface area contributed by atoms with Crippen LogP contribution in [0.1, 0.15) is 15.9 Å². The maximum Gasteiger partial charge on any atom is 0.264 e. The van der Waals surface area contributed by atoms with Crippen LogP contribution in [0.2, 0.25) is 5.02 Å². The van der Waals surface area contributed by atoms with Crippen molar-refractivity contribution in [2.24, 2.45) is 0 Å². The van der Waals surface area contributed by atoms with Crippen molar-refractivity contribution in [3.8, 4) is 5.75 Å². The minimum Gasteiger partial charge on any atom is -0.495 e. The summed E-state index contributed by atoms with van der Waals surface area (Å²) in [6.45, 7) is 3.97. The minimum atomic E-state index is -4.05. The molecule has 0 spiro atoms. The summed E-state index contributed by atoms with van der Waals surface area (Å²) in [7, 11) is -2.58. The number of anilines is 1. The average Bonchev–Trinajstić information content (AvgIpc) is 2.81. The molecule has 0 aromatic heterocycles. The predicted octanol–water partition coefficient (Wildman–Crippen LogP) is 4.66. The Morgan fingerprint density at radius 2 is 1.78 bits per heavy atom. The zero-order chi connectivity index (χ0) is 23.1. The van der Waals surface area contributed by atoms with E-state index >= 15 is 0 Å². The largest absolute Gasteiger partial charge is 0.495 e. The molecule has 0 saturated heterocycles. The summed E-state index contributed by atoms with van der Waals surface area (Å²) in [5.41, 5.74) is 1.34. The molecule has 0 fully saturated rings. The van der Waals surface area contributed by atoms with Crippen molar-refractivity contribution in [3.63, 3.8) is 0 Å². The summed E-state index contributed by atoms with van der Waals surface area (Å²) in [4.78, 5) is 12.7. The van der Waals surface area contributed by atoms with Gasteiger partial charge in [0.2, 0.25) is 0 Å². The molecule has 0 atom stereocenters. The number of rotatable bonds is 9. The fraction of sp³-hybridized carbons (Fsp3) is 0.125. The van der Waals surface area contributed by atoms with Gasteiger partial charge in [0.15, 0.2) is 0 Å². The number of nitrogens with zero attached hydrogens (tertiary/aromatic N) is 1. The number of benzene rings is 3. The van der Waals surface area contributed by atoms with Crippen molar-refractivity contribution in [1.29, 1.82) is 0 Å². The number of carbonyl (C=O) groups excluding carboxylic acids is 1. The summed E-state index contributed by atoms with van der Waals surface area (Å²) in [5, 5.41) is 2.93. The Labute approximate surface area is 193 Å². The number of nitrogens with one attached hydrogen (secondary N) is 1. The fourth-order valence-corrected chi connectivity index (χ4v) is 4.79. The number of sulfonamides is 1. The highest BCUT2D eigenvalue weighted by Crippen LogP contribution is 2.33. The van der Waals surface area contributed by atoms with Crippen LogP contribution in [0.4, 0.5) is 5.69 Å². The van der Waals surface area contributed by atoms with Crippen LogP contribution < -0.4 is 14.4 Å². The summed E-state index contributed by atoms with van der Waals surface area (Å²) < 4.78 is 33.5. The fourth-order valence-electron chi connectivity index (χ4n) is 3.12. The molecule has 0 aliphatic rings. The molecule has 3 aromatic rings. The van der Waals surface area contributed by atoms with Gasteiger partial charge in [-0.3, -0.25) is 9.10 Å². The number of para-hydroxylation sites is 2. The Bertz CT molecular complexity index is 1210. The number of halogens is 1. The Morgan fingerprint density at radius 1 is 1.09 bits per heavy atom. The first kappa shape index (κ1) is 23.4. The van der Waals surface area contributed by atoms with Crippen molar-refractivity contribution in [1.82, 2.24) is 5.32 Å². The Kier molecular flexibility index (Phi) is 7.56. The van der Waals surface area contributed by atoms with Gasteiger partial charge in [-0.05, 0) is 35.9 Å². The molecule has 6 nitrogen and oxygen atoms in total. The highest BCUT2D eigenvalue weighted by Gasteiger charge is 2.27. The van der Waals surface area contributed by atoms with Gasteiger partial charge in [-0.2, -0.15) is 0 Å². The van der Waals surface area contributed by atoms with Gasteiger partial charge in [-0.1, -0.05) is 60.1 Å². The first-order valence-electron chi connectivity index (χ1n) is 9.77. The smallest absolute Gasteiger partial charge is 0.264 e. The molecule has 0 aliphatic carbocycles. The van der Waals surface area contributed by atoms with Gasteiger partial charge in [0.25, 0.3) is 15.9 Å². The van der Waals surface area contributed by atoms with E-state index in [-0.39, 0.29) is 28.6 Å². The number of carbonyl (C=O) groups is 1. The van der Waals surface area contributed by atoms with Gasteiger partial charge in [0.05, 0.1) is 34.8 Å². The van der Waals surface area contributed by atoms with Crippen LogP contribution in [0.5, 0.6) is 5.75 Å². The summed E-state index contributed by atoms with van der Waals surface area (Å²) in [5.74, 6) is -0.0730. The molecule has 0 aliphatic heterocycles. The van der Waals surface area contributed by atoms with Gasteiger partial charge in [0, 0.05) is 6.54 Å². The molecule has 0 saturated carbocycles. The normalized spacial score (nSPS) is 10.9. The van der Waals surface area contributed by atoms with E-state index in [0.29, 0.717) is 11.4 Å². The minimum absolute atomic E-state index is 0.0148. The van der Waals surface area contributed by atoms with E-state index < -0.39 is 15.9 Å². The van der Waals surface area contributed by atoms with Crippen molar-refractivity contribution >= 4 is 33.2 Å². The lowest BCUT2D eigenvalue weighted by atomic mass is 10.2. The number of ether oxygens (including phenoxy) is 1. The van der Waals surface area contributed by atoms with E-state index in [0.717, 1.165) is 5.56 Å². The first-order valence-corrected chi connectivity index (χ1v) is 11.6. The van der Waals surface area contributed by atoms with Crippen LogP contribution in [0.15, 0.2) is 90.3 Å². The average molecular weight is 471 g/mol. The second-order valence-corrected chi connectivity index (χ2v) is 9.08. The number of hydrogen-bond acceptors (Lipinski definition) is 4. The molecule has 3 aromatic carbocycles. The zero-order valence-electron chi connectivity index (χ0n) is 17.5. The maximum atomic E-state index is 13.5. The highest BCUT2D eigenvalue weighted by atomic mass is 35.5. The van der Waals surface area contributed by atoms with Crippen LogP contribution in [-0.2, 0) is 16.6 Å². The summed E-state index contributed by atoms with van der Waals surface area (Å²) in [6, 6.07) is 20.2. The SMILES string of the molecule is C=CCN(c1ccccc1OC)S(=O)(=O)c1ccc(Cl)c(C(=O)NCc2ccccc2)c1. The number of amides is 1. The van der Waals surface area contributed by atoms with Gasteiger partial charge in [0.1, 0.15) is 5.75 Å².